The van der Waals surface area contributed by atoms with Gasteiger partial charge in [0, 0.05) is 24.4 Å². The normalized spacial score (nSPS) is 18.6. The zero-order valence-electron chi connectivity index (χ0n) is 11.8. The Kier molecular flexibility index (Phi) is 5.01. The highest BCUT2D eigenvalue weighted by atomic mass is 79.9. The first-order chi connectivity index (χ1) is 9.56. The number of carbonyl (C=O) groups is 1. The summed E-state index contributed by atoms with van der Waals surface area (Å²) in [4.78, 5) is 11.9. The van der Waals surface area contributed by atoms with Gasteiger partial charge in [0.25, 0.3) is 0 Å². The summed E-state index contributed by atoms with van der Waals surface area (Å²) in [6, 6.07) is 3.48. The molecule has 6 heteroatoms. The molecule has 0 aromatic heterocycles. The SMILES string of the molecule is CCNC1C(=O)Nc2cc(OC(C)COC)c(Br)cc21. The topological polar surface area (TPSA) is 59.6 Å². The molecule has 2 rings (SSSR count). The van der Waals surface area contributed by atoms with Crippen molar-refractivity contribution in [2.24, 2.45) is 0 Å². The smallest absolute Gasteiger partial charge is 0.246 e. The lowest BCUT2D eigenvalue weighted by Gasteiger charge is -2.16. The third kappa shape index (κ3) is 3.13. The van der Waals surface area contributed by atoms with Crippen LogP contribution in [0.4, 0.5) is 5.69 Å². The van der Waals surface area contributed by atoms with Crippen molar-refractivity contribution >= 4 is 27.5 Å². The number of fused-ring (bicyclic) bond motifs is 1. The maximum absolute atomic E-state index is 11.9. The van der Waals surface area contributed by atoms with Crippen molar-refractivity contribution in [3.05, 3.63) is 22.2 Å². The number of hydrogen-bond acceptors (Lipinski definition) is 4. The van der Waals surface area contributed by atoms with Crippen molar-refractivity contribution in [3.63, 3.8) is 0 Å². The molecule has 1 aliphatic heterocycles. The van der Waals surface area contributed by atoms with Crippen LogP contribution in [0, 0.1) is 0 Å². The minimum atomic E-state index is -0.295. The van der Waals surface area contributed by atoms with Gasteiger partial charge in [-0.1, -0.05) is 6.92 Å². The number of ether oxygens (including phenoxy) is 2. The highest BCUT2D eigenvalue weighted by Crippen LogP contribution is 2.39. The molecular formula is C14H19BrN2O3. The van der Waals surface area contributed by atoms with Crippen molar-refractivity contribution in [3.8, 4) is 5.75 Å². The van der Waals surface area contributed by atoms with Crippen LogP contribution in [0.25, 0.3) is 0 Å². The molecule has 5 nitrogen and oxygen atoms in total. The van der Waals surface area contributed by atoms with Crippen LogP contribution in [0.1, 0.15) is 25.5 Å². The molecule has 0 spiro atoms. The standard InChI is InChI=1S/C14H19BrN2O3/c1-4-16-13-9-5-10(15)12(20-8(2)7-19-3)6-11(9)17-14(13)18/h5-6,8,13,16H,4,7H2,1-3H3,(H,17,18). The number of carbonyl (C=O) groups excluding carboxylic acids is 1. The lowest BCUT2D eigenvalue weighted by atomic mass is 10.1. The summed E-state index contributed by atoms with van der Waals surface area (Å²) >= 11 is 3.50. The predicted octanol–water partition coefficient (Wildman–Crippen LogP) is 2.47. The molecule has 2 N–H and O–H groups in total. The Balaban J connectivity index is 2.24. The molecule has 0 bridgehead atoms. The molecule has 110 valence electrons. The van der Waals surface area contributed by atoms with Crippen molar-refractivity contribution in [1.82, 2.24) is 5.32 Å². The molecule has 1 aliphatic rings. The van der Waals surface area contributed by atoms with Gasteiger partial charge < -0.3 is 20.1 Å². The van der Waals surface area contributed by atoms with Gasteiger partial charge in [-0.05, 0) is 35.5 Å². The Bertz CT molecular complexity index is 507. The molecule has 20 heavy (non-hydrogen) atoms. The van der Waals surface area contributed by atoms with E-state index in [2.05, 4.69) is 26.6 Å². The molecule has 0 fully saturated rings. The monoisotopic (exact) mass is 342 g/mol. The quantitative estimate of drug-likeness (QED) is 0.833. The zero-order valence-corrected chi connectivity index (χ0v) is 13.4. The molecule has 0 radical (unpaired) electrons. The van der Waals surface area contributed by atoms with E-state index in [4.69, 9.17) is 9.47 Å². The molecule has 0 saturated heterocycles. The van der Waals surface area contributed by atoms with E-state index in [1.807, 2.05) is 26.0 Å². The van der Waals surface area contributed by atoms with Crippen LogP contribution in [0.3, 0.4) is 0 Å². The molecular weight excluding hydrogens is 324 g/mol. The van der Waals surface area contributed by atoms with Crippen molar-refractivity contribution in [1.29, 1.82) is 0 Å². The van der Waals surface area contributed by atoms with Crippen molar-refractivity contribution in [2.75, 3.05) is 25.6 Å². The number of nitrogens with one attached hydrogen (secondary N) is 2. The molecule has 1 aromatic carbocycles. The molecule has 2 unspecified atom stereocenters. The van der Waals surface area contributed by atoms with Gasteiger partial charge in [-0.2, -0.15) is 0 Å². The minimum absolute atomic E-state index is 0.0316. The molecule has 2 atom stereocenters. The number of anilines is 1. The third-order valence-corrected chi connectivity index (χ3v) is 3.69. The highest BCUT2D eigenvalue weighted by Gasteiger charge is 2.31. The number of rotatable bonds is 6. The van der Waals surface area contributed by atoms with E-state index in [1.165, 1.54) is 0 Å². The number of benzene rings is 1. The average Bonchev–Trinajstić information content (AvgIpc) is 2.67. The van der Waals surface area contributed by atoms with Crippen LogP contribution in [0.2, 0.25) is 0 Å². The second-order valence-corrected chi connectivity index (χ2v) is 5.59. The maximum Gasteiger partial charge on any atom is 0.246 e. The number of likely N-dealkylation sites (N-methyl/N-ethyl adjacent to an activating group) is 1. The van der Waals surface area contributed by atoms with E-state index in [0.29, 0.717) is 12.4 Å². The van der Waals surface area contributed by atoms with Gasteiger partial charge in [0.05, 0.1) is 11.1 Å². The number of amides is 1. The molecule has 0 saturated carbocycles. The predicted molar refractivity (Wildman–Crippen MR) is 81.2 cm³/mol. The van der Waals surface area contributed by atoms with E-state index in [-0.39, 0.29) is 18.1 Å². The summed E-state index contributed by atoms with van der Waals surface area (Å²) in [5.41, 5.74) is 1.74. The van der Waals surface area contributed by atoms with Crippen LogP contribution in [0.15, 0.2) is 16.6 Å². The van der Waals surface area contributed by atoms with Crippen LogP contribution >= 0.6 is 15.9 Å². The molecule has 1 heterocycles. The Morgan fingerprint density at radius 2 is 2.25 bits per heavy atom. The Morgan fingerprint density at radius 3 is 2.90 bits per heavy atom. The number of methoxy groups -OCH3 is 1. The van der Waals surface area contributed by atoms with E-state index in [9.17, 15) is 4.79 Å². The molecule has 1 aromatic rings. The maximum atomic E-state index is 11.9. The summed E-state index contributed by atoms with van der Waals surface area (Å²) in [6.07, 6.45) is -0.0592. The Labute approximate surface area is 127 Å². The van der Waals surface area contributed by atoms with Gasteiger partial charge in [0.15, 0.2) is 0 Å². The number of hydrogen-bond donors (Lipinski definition) is 2. The van der Waals surface area contributed by atoms with Crippen molar-refractivity contribution in [2.45, 2.75) is 26.0 Å². The van der Waals surface area contributed by atoms with E-state index in [0.717, 1.165) is 22.3 Å². The molecule has 1 amide bonds. The van der Waals surface area contributed by atoms with Gasteiger partial charge in [0.1, 0.15) is 17.9 Å². The van der Waals surface area contributed by atoms with E-state index < -0.39 is 0 Å². The van der Waals surface area contributed by atoms with Gasteiger partial charge in [-0.25, -0.2) is 0 Å². The zero-order chi connectivity index (χ0) is 14.7. The minimum Gasteiger partial charge on any atom is -0.487 e. The van der Waals surface area contributed by atoms with Gasteiger partial charge in [-0.3, -0.25) is 4.79 Å². The van der Waals surface area contributed by atoms with Crippen LogP contribution in [-0.4, -0.2) is 32.3 Å². The second kappa shape index (κ2) is 6.56. The summed E-state index contributed by atoms with van der Waals surface area (Å²) in [7, 11) is 1.64. The van der Waals surface area contributed by atoms with Crippen LogP contribution in [0.5, 0.6) is 5.75 Å². The Morgan fingerprint density at radius 1 is 1.50 bits per heavy atom. The average molecular weight is 343 g/mol. The lowest BCUT2D eigenvalue weighted by Crippen LogP contribution is -2.27. The van der Waals surface area contributed by atoms with Gasteiger partial charge in [0.2, 0.25) is 5.91 Å². The summed E-state index contributed by atoms with van der Waals surface area (Å²) in [5.74, 6) is 0.668. The lowest BCUT2D eigenvalue weighted by molar-refractivity contribution is -0.117. The second-order valence-electron chi connectivity index (χ2n) is 4.73. The Hall–Kier alpha value is -1.11. The van der Waals surface area contributed by atoms with E-state index in [1.54, 1.807) is 7.11 Å². The third-order valence-electron chi connectivity index (χ3n) is 3.07. The van der Waals surface area contributed by atoms with Gasteiger partial charge >= 0.3 is 0 Å². The number of halogens is 1. The summed E-state index contributed by atoms with van der Waals surface area (Å²) < 4.78 is 11.7. The van der Waals surface area contributed by atoms with Gasteiger partial charge in [-0.15, -0.1) is 0 Å². The molecule has 0 aliphatic carbocycles. The largest absolute Gasteiger partial charge is 0.487 e. The first-order valence-electron chi connectivity index (χ1n) is 6.60. The van der Waals surface area contributed by atoms with Crippen LogP contribution in [-0.2, 0) is 9.53 Å². The fourth-order valence-corrected chi connectivity index (χ4v) is 2.70. The fourth-order valence-electron chi connectivity index (χ4n) is 2.24. The highest BCUT2D eigenvalue weighted by molar-refractivity contribution is 9.10. The summed E-state index contributed by atoms with van der Waals surface area (Å²) in [6.45, 7) is 5.15. The van der Waals surface area contributed by atoms with E-state index >= 15 is 0 Å². The van der Waals surface area contributed by atoms with Crippen molar-refractivity contribution < 1.29 is 14.3 Å². The summed E-state index contributed by atoms with van der Waals surface area (Å²) in [5, 5.41) is 6.04. The first kappa shape index (κ1) is 15.3. The fraction of sp³-hybridized carbons (Fsp3) is 0.500. The first-order valence-corrected chi connectivity index (χ1v) is 7.39. The van der Waals surface area contributed by atoms with Crippen LogP contribution < -0.4 is 15.4 Å².